The zero-order chi connectivity index (χ0) is 13.1. The second kappa shape index (κ2) is 5.14. The van der Waals surface area contributed by atoms with E-state index in [0.717, 1.165) is 10.5 Å². The highest BCUT2D eigenvalue weighted by Gasteiger charge is 2.09. The van der Waals surface area contributed by atoms with Gasteiger partial charge < -0.3 is 5.32 Å². The molecule has 0 bridgehead atoms. The molecule has 2 rings (SSSR count). The number of benzene rings is 2. The Labute approximate surface area is 111 Å². The standard InChI is InChI=1S/C12H8BrFN2O2/c13-8-2-1-3-10(4-8)15-11-5-9(14)6-12(7-11)16(17)18/h1-7,15H. The normalized spacial score (nSPS) is 10.1. The fourth-order valence-electron chi connectivity index (χ4n) is 1.48. The lowest BCUT2D eigenvalue weighted by molar-refractivity contribution is -0.385. The third kappa shape index (κ3) is 3.04. The summed E-state index contributed by atoms with van der Waals surface area (Å²) >= 11 is 3.31. The lowest BCUT2D eigenvalue weighted by Crippen LogP contribution is -1.94. The van der Waals surface area contributed by atoms with Crippen molar-refractivity contribution in [1.82, 2.24) is 0 Å². The van der Waals surface area contributed by atoms with E-state index in [1.807, 2.05) is 6.07 Å². The minimum atomic E-state index is -0.651. The second-order valence-electron chi connectivity index (χ2n) is 3.59. The summed E-state index contributed by atoms with van der Waals surface area (Å²) in [5.74, 6) is -0.651. The van der Waals surface area contributed by atoms with Gasteiger partial charge in [0.2, 0.25) is 0 Å². The largest absolute Gasteiger partial charge is 0.355 e. The van der Waals surface area contributed by atoms with Crippen LogP contribution in [0.25, 0.3) is 0 Å². The maximum absolute atomic E-state index is 13.2. The Hall–Kier alpha value is -1.95. The summed E-state index contributed by atoms with van der Waals surface area (Å²) in [7, 11) is 0. The van der Waals surface area contributed by atoms with Crippen LogP contribution in [0.1, 0.15) is 0 Å². The summed E-state index contributed by atoms with van der Waals surface area (Å²) < 4.78 is 14.1. The van der Waals surface area contributed by atoms with Crippen LogP contribution in [0, 0.1) is 15.9 Å². The summed E-state index contributed by atoms with van der Waals surface area (Å²) in [5.41, 5.74) is 0.761. The molecule has 1 N–H and O–H groups in total. The maximum Gasteiger partial charge on any atom is 0.274 e. The van der Waals surface area contributed by atoms with Crippen LogP contribution in [0.5, 0.6) is 0 Å². The lowest BCUT2D eigenvalue weighted by Gasteiger charge is -2.06. The smallest absolute Gasteiger partial charge is 0.274 e. The lowest BCUT2D eigenvalue weighted by atomic mass is 10.2. The quantitative estimate of drug-likeness (QED) is 0.681. The van der Waals surface area contributed by atoms with Gasteiger partial charge in [-0.3, -0.25) is 10.1 Å². The minimum absolute atomic E-state index is 0.285. The molecule has 92 valence electrons. The third-order valence-corrected chi connectivity index (χ3v) is 2.70. The van der Waals surface area contributed by atoms with Gasteiger partial charge in [-0.25, -0.2) is 4.39 Å². The average Bonchev–Trinajstić information content (AvgIpc) is 2.28. The molecule has 2 aromatic rings. The van der Waals surface area contributed by atoms with Crippen molar-refractivity contribution in [1.29, 1.82) is 0 Å². The summed E-state index contributed by atoms with van der Waals surface area (Å²) in [6, 6.07) is 10.6. The number of non-ortho nitro benzene ring substituents is 1. The zero-order valence-corrected chi connectivity index (χ0v) is 10.6. The fourth-order valence-corrected chi connectivity index (χ4v) is 1.88. The maximum atomic E-state index is 13.2. The van der Waals surface area contributed by atoms with Crippen LogP contribution < -0.4 is 5.32 Å². The molecule has 0 saturated heterocycles. The number of hydrogen-bond donors (Lipinski definition) is 1. The number of nitro groups is 1. The molecule has 0 amide bonds. The Morgan fingerprint density at radius 3 is 2.61 bits per heavy atom. The molecule has 18 heavy (non-hydrogen) atoms. The van der Waals surface area contributed by atoms with Crippen LogP contribution in [0.2, 0.25) is 0 Å². The van der Waals surface area contributed by atoms with E-state index in [2.05, 4.69) is 21.2 Å². The van der Waals surface area contributed by atoms with E-state index >= 15 is 0 Å². The molecule has 0 aliphatic rings. The van der Waals surface area contributed by atoms with Gasteiger partial charge in [0.25, 0.3) is 5.69 Å². The molecule has 0 radical (unpaired) electrons. The molecule has 0 aliphatic heterocycles. The van der Waals surface area contributed by atoms with E-state index in [1.165, 1.54) is 12.1 Å². The number of halogens is 2. The molecular formula is C12H8BrFN2O2. The van der Waals surface area contributed by atoms with Gasteiger partial charge in [0.1, 0.15) is 5.82 Å². The highest BCUT2D eigenvalue weighted by Crippen LogP contribution is 2.24. The number of hydrogen-bond acceptors (Lipinski definition) is 3. The summed E-state index contributed by atoms with van der Waals surface area (Å²) in [4.78, 5) is 9.99. The van der Waals surface area contributed by atoms with Gasteiger partial charge in [0.05, 0.1) is 11.0 Å². The Morgan fingerprint density at radius 1 is 1.17 bits per heavy atom. The monoisotopic (exact) mass is 310 g/mol. The van der Waals surface area contributed by atoms with Crippen LogP contribution >= 0.6 is 15.9 Å². The predicted molar refractivity (Wildman–Crippen MR) is 70.5 cm³/mol. The van der Waals surface area contributed by atoms with E-state index in [-0.39, 0.29) is 5.69 Å². The minimum Gasteiger partial charge on any atom is -0.355 e. The molecule has 6 heteroatoms. The molecule has 0 heterocycles. The van der Waals surface area contributed by atoms with E-state index in [0.29, 0.717) is 11.4 Å². The van der Waals surface area contributed by atoms with Gasteiger partial charge >= 0.3 is 0 Å². The number of nitrogens with one attached hydrogen (secondary N) is 1. The van der Waals surface area contributed by atoms with Crippen molar-refractivity contribution in [3.63, 3.8) is 0 Å². The molecule has 0 fully saturated rings. The Bertz CT molecular complexity index is 604. The summed E-state index contributed by atoms with van der Waals surface area (Å²) in [6.07, 6.45) is 0. The van der Waals surface area contributed by atoms with Gasteiger partial charge in [0, 0.05) is 21.9 Å². The van der Waals surface area contributed by atoms with Crippen LogP contribution in [0.15, 0.2) is 46.9 Å². The van der Waals surface area contributed by atoms with Crippen LogP contribution in [0.4, 0.5) is 21.5 Å². The van der Waals surface area contributed by atoms with Gasteiger partial charge in [-0.2, -0.15) is 0 Å². The van der Waals surface area contributed by atoms with Crippen LogP contribution in [-0.4, -0.2) is 4.92 Å². The van der Waals surface area contributed by atoms with Crippen molar-refractivity contribution in [2.24, 2.45) is 0 Å². The second-order valence-corrected chi connectivity index (χ2v) is 4.51. The zero-order valence-electron chi connectivity index (χ0n) is 9.06. The first-order valence-electron chi connectivity index (χ1n) is 5.02. The SMILES string of the molecule is O=[N+]([O-])c1cc(F)cc(Nc2cccc(Br)c2)c1. The third-order valence-electron chi connectivity index (χ3n) is 2.21. The van der Waals surface area contributed by atoms with Crippen molar-refractivity contribution in [3.8, 4) is 0 Å². The van der Waals surface area contributed by atoms with Crippen molar-refractivity contribution in [2.45, 2.75) is 0 Å². The number of rotatable bonds is 3. The Morgan fingerprint density at radius 2 is 1.94 bits per heavy atom. The van der Waals surface area contributed by atoms with Crippen molar-refractivity contribution >= 4 is 33.0 Å². The highest BCUT2D eigenvalue weighted by atomic mass is 79.9. The first-order valence-corrected chi connectivity index (χ1v) is 5.81. The Balaban J connectivity index is 2.31. The predicted octanol–water partition coefficient (Wildman–Crippen LogP) is 4.24. The van der Waals surface area contributed by atoms with Crippen molar-refractivity contribution in [3.05, 3.63) is 62.9 Å². The molecule has 0 unspecified atom stereocenters. The molecule has 0 saturated carbocycles. The fraction of sp³-hybridized carbons (Fsp3) is 0. The molecule has 0 aromatic heterocycles. The van der Waals surface area contributed by atoms with Gasteiger partial charge in [-0.05, 0) is 24.3 Å². The van der Waals surface area contributed by atoms with Gasteiger partial charge in [-0.15, -0.1) is 0 Å². The summed E-state index contributed by atoms with van der Waals surface area (Å²) in [6.45, 7) is 0. The molecular weight excluding hydrogens is 303 g/mol. The molecule has 0 aliphatic carbocycles. The number of nitrogens with zero attached hydrogens (tertiary/aromatic N) is 1. The number of nitro benzene ring substituents is 1. The molecule has 2 aromatic carbocycles. The van der Waals surface area contributed by atoms with E-state index in [1.54, 1.807) is 18.2 Å². The first kappa shape index (κ1) is 12.5. The van der Waals surface area contributed by atoms with Crippen LogP contribution in [-0.2, 0) is 0 Å². The molecule has 4 nitrogen and oxygen atoms in total. The van der Waals surface area contributed by atoms with Crippen molar-refractivity contribution < 1.29 is 9.31 Å². The topological polar surface area (TPSA) is 55.2 Å². The average molecular weight is 311 g/mol. The highest BCUT2D eigenvalue weighted by molar-refractivity contribution is 9.10. The van der Waals surface area contributed by atoms with E-state index < -0.39 is 10.7 Å². The van der Waals surface area contributed by atoms with E-state index in [9.17, 15) is 14.5 Å². The molecule has 0 spiro atoms. The van der Waals surface area contributed by atoms with E-state index in [4.69, 9.17) is 0 Å². The number of anilines is 2. The van der Waals surface area contributed by atoms with Crippen LogP contribution in [0.3, 0.4) is 0 Å². The Kier molecular flexibility index (Phi) is 3.57. The van der Waals surface area contributed by atoms with Crippen molar-refractivity contribution in [2.75, 3.05) is 5.32 Å². The van der Waals surface area contributed by atoms with Gasteiger partial charge in [0.15, 0.2) is 0 Å². The van der Waals surface area contributed by atoms with Gasteiger partial charge in [-0.1, -0.05) is 22.0 Å². The first-order chi connectivity index (χ1) is 8.54. The summed E-state index contributed by atoms with van der Waals surface area (Å²) in [5, 5.41) is 13.5. The molecule has 0 atom stereocenters.